The number of hydrogen-bond acceptors (Lipinski definition) is 3. The fraction of sp³-hybridized carbons (Fsp3) is 0.615. The maximum Gasteiger partial charge on any atom is 0.332 e. The summed E-state index contributed by atoms with van der Waals surface area (Å²) in [5.41, 5.74) is 0.213. The Labute approximate surface area is 111 Å². The number of imidazole rings is 1. The molecule has 2 rings (SSSR count). The molecule has 0 aliphatic heterocycles. The first-order chi connectivity index (χ1) is 8.85. The van der Waals surface area contributed by atoms with E-state index in [0.29, 0.717) is 24.3 Å². The Hall–Kier alpha value is -1.85. The normalized spacial score (nSPS) is 12.2. The van der Waals surface area contributed by atoms with E-state index in [0.717, 1.165) is 6.42 Å². The molecular formula is C13H20N4O2. The predicted octanol–water partition coefficient (Wildman–Crippen LogP) is 1.34. The second-order valence-electron chi connectivity index (χ2n) is 5.99. The minimum absolute atomic E-state index is 0.0653. The Balaban J connectivity index is 2.78. The molecule has 0 unspecified atom stereocenters. The Kier molecular flexibility index (Phi) is 3.34. The standard InChI is InChI=1S/C13H20N4O2/c1-5-6-16-11(18)9-10(15-8-14-9)17(12(16)19)7-13(2,3)4/h8H,5-7H2,1-4H3,(H,14,15). The van der Waals surface area contributed by atoms with E-state index in [4.69, 9.17) is 0 Å². The molecule has 6 heteroatoms. The lowest BCUT2D eigenvalue weighted by Crippen LogP contribution is -2.41. The van der Waals surface area contributed by atoms with Gasteiger partial charge in [0.2, 0.25) is 0 Å². The molecule has 0 saturated carbocycles. The van der Waals surface area contributed by atoms with Gasteiger partial charge in [-0.05, 0) is 11.8 Å². The molecule has 0 aliphatic rings. The van der Waals surface area contributed by atoms with Crippen LogP contribution in [0.1, 0.15) is 34.1 Å². The SMILES string of the molecule is CCCn1c(=O)c2[nH]cnc2n(CC(C)(C)C)c1=O. The second-order valence-corrected chi connectivity index (χ2v) is 5.99. The first-order valence-corrected chi connectivity index (χ1v) is 6.52. The molecule has 6 nitrogen and oxygen atoms in total. The van der Waals surface area contributed by atoms with Crippen molar-refractivity contribution in [3.05, 3.63) is 27.2 Å². The van der Waals surface area contributed by atoms with Crippen LogP contribution in [0, 0.1) is 5.41 Å². The van der Waals surface area contributed by atoms with E-state index in [1.54, 1.807) is 4.57 Å². The molecule has 0 radical (unpaired) electrons. The lowest BCUT2D eigenvalue weighted by molar-refractivity contribution is 0.335. The second kappa shape index (κ2) is 4.68. The molecular weight excluding hydrogens is 244 g/mol. The summed E-state index contributed by atoms with van der Waals surface area (Å²) in [4.78, 5) is 31.6. The van der Waals surface area contributed by atoms with Gasteiger partial charge in [-0.3, -0.25) is 13.9 Å². The molecule has 0 spiro atoms. The minimum Gasteiger partial charge on any atom is -0.339 e. The molecule has 2 aromatic rings. The number of rotatable bonds is 3. The number of aromatic amines is 1. The van der Waals surface area contributed by atoms with Gasteiger partial charge >= 0.3 is 5.69 Å². The lowest BCUT2D eigenvalue weighted by Gasteiger charge is -2.20. The number of H-pyrrole nitrogens is 1. The zero-order chi connectivity index (χ0) is 14.2. The molecule has 0 fully saturated rings. The molecule has 0 aliphatic carbocycles. The molecule has 1 N–H and O–H groups in total. The van der Waals surface area contributed by atoms with Crippen LogP contribution in [0.15, 0.2) is 15.9 Å². The highest BCUT2D eigenvalue weighted by Crippen LogP contribution is 2.16. The van der Waals surface area contributed by atoms with Crippen molar-refractivity contribution in [1.29, 1.82) is 0 Å². The van der Waals surface area contributed by atoms with E-state index in [-0.39, 0.29) is 16.7 Å². The largest absolute Gasteiger partial charge is 0.339 e. The van der Waals surface area contributed by atoms with E-state index in [2.05, 4.69) is 9.97 Å². The van der Waals surface area contributed by atoms with Crippen LogP contribution >= 0.6 is 0 Å². The van der Waals surface area contributed by atoms with Gasteiger partial charge in [0.15, 0.2) is 5.65 Å². The van der Waals surface area contributed by atoms with Gasteiger partial charge in [0.25, 0.3) is 5.56 Å². The highest BCUT2D eigenvalue weighted by atomic mass is 16.2. The third-order valence-electron chi connectivity index (χ3n) is 2.88. The van der Waals surface area contributed by atoms with Crippen LogP contribution in [0.3, 0.4) is 0 Å². The van der Waals surface area contributed by atoms with Crippen LogP contribution in [0.4, 0.5) is 0 Å². The van der Waals surface area contributed by atoms with Crippen molar-refractivity contribution in [2.24, 2.45) is 5.41 Å². The highest BCUT2D eigenvalue weighted by Gasteiger charge is 2.19. The topological polar surface area (TPSA) is 72.7 Å². The van der Waals surface area contributed by atoms with E-state index in [1.807, 2.05) is 27.7 Å². The zero-order valence-electron chi connectivity index (χ0n) is 11.9. The van der Waals surface area contributed by atoms with Crippen molar-refractivity contribution < 1.29 is 0 Å². The van der Waals surface area contributed by atoms with Crippen LogP contribution in [0.2, 0.25) is 0 Å². The molecule has 104 valence electrons. The lowest BCUT2D eigenvalue weighted by atomic mass is 9.97. The molecule has 0 bridgehead atoms. The fourth-order valence-electron chi connectivity index (χ4n) is 2.14. The molecule has 19 heavy (non-hydrogen) atoms. The van der Waals surface area contributed by atoms with Crippen LogP contribution in [-0.4, -0.2) is 19.1 Å². The van der Waals surface area contributed by atoms with Gasteiger partial charge in [-0.2, -0.15) is 0 Å². The summed E-state index contributed by atoms with van der Waals surface area (Å²) in [5, 5.41) is 0. The molecule has 0 saturated heterocycles. The number of fused-ring (bicyclic) bond motifs is 1. The van der Waals surface area contributed by atoms with E-state index in [9.17, 15) is 9.59 Å². The Morgan fingerprint density at radius 2 is 1.95 bits per heavy atom. The van der Waals surface area contributed by atoms with Crippen LogP contribution in [-0.2, 0) is 13.1 Å². The fourth-order valence-corrected chi connectivity index (χ4v) is 2.14. The smallest absolute Gasteiger partial charge is 0.332 e. The van der Waals surface area contributed by atoms with Gasteiger partial charge in [-0.1, -0.05) is 27.7 Å². The molecule has 2 aromatic heterocycles. The quantitative estimate of drug-likeness (QED) is 0.909. The Bertz CT molecular complexity index is 700. The Morgan fingerprint density at radius 1 is 1.26 bits per heavy atom. The van der Waals surface area contributed by atoms with Gasteiger partial charge in [0.1, 0.15) is 5.52 Å². The zero-order valence-corrected chi connectivity index (χ0v) is 11.9. The summed E-state index contributed by atoms with van der Waals surface area (Å²) in [6.07, 6.45) is 2.20. The van der Waals surface area contributed by atoms with Crippen molar-refractivity contribution in [3.8, 4) is 0 Å². The highest BCUT2D eigenvalue weighted by molar-refractivity contribution is 5.68. The minimum atomic E-state index is -0.287. The van der Waals surface area contributed by atoms with E-state index in [1.165, 1.54) is 10.9 Å². The molecule has 0 amide bonds. The van der Waals surface area contributed by atoms with Crippen molar-refractivity contribution >= 4 is 11.2 Å². The molecule has 0 aromatic carbocycles. The maximum atomic E-state index is 12.4. The van der Waals surface area contributed by atoms with E-state index < -0.39 is 0 Å². The summed E-state index contributed by atoms with van der Waals surface area (Å²) in [5.74, 6) is 0. The van der Waals surface area contributed by atoms with Crippen molar-refractivity contribution in [2.75, 3.05) is 0 Å². The van der Waals surface area contributed by atoms with Crippen molar-refractivity contribution in [3.63, 3.8) is 0 Å². The van der Waals surface area contributed by atoms with Crippen LogP contribution < -0.4 is 11.2 Å². The Morgan fingerprint density at radius 3 is 2.53 bits per heavy atom. The first kappa shape index (κ1) is 13.6. The monoisotopic (exact) mass is 264 g/mol. The summed E-state index contributed by atoms with van der Waals surface area (Å²) < 4.78 is 2.87. The average Bonchev–Trinajstić information content (AvgIpc) is 2.78. The van der Waals surface area contributed by atoms with Crippen molar-refractivity contribution in [1.82, 2.24) is 19.1 Å². The summed E-state index contributed by atoms with van der Waals surface area (Å²) in [6, 6.07) is 0. The predicted molar refractivity (Wildman–Crippen MR) is 74.4 cm³/mol. The average molecular weight is 264 g/mol. The molecule has 0 atom stereocenters. The summed E-state index contributed by atoms with van der Waals surface area (Å²) >= 11 is 0. The van der Waals surface area contributed by atoms with Gasteiger partial charge in [-0.25, -0.2) is 9.78 Å². The first-order valence-electron chi connectivity index (χ1n) is 6.52. The number of hydrogen-bond donors (Lipinski definition) is 1. The van der Waals surface area contributed by atoms with Crippen LogP contribution in [0.5, 0.6) is 0 Å². The summed E-state index contributed by atoms with van der Waals surface area (Å²) in [6.45, 7) is 9.04. The van der Waals surface area contributed by atoms with Gasteiger partial charge in [0.05, 0.1) is 6.33 Å². The van der Waals surface area contributed by atoms with Crippen LogP contribution in [0.25, 0.3) is 11.2 Å². The number of nitrogens with one attached hydrogen (secondary N) is 1. The van der Waals surface area contributed by atoms with Gasteiger partial charge in [-0.15, -0.1) is 0 Å². The molecule has 2 heterocycles. The summed E-state index contributed by atoms with van der Waals surface area (Å²) in [7, 11) is 0. The van der Waals surface area contributed by atoms with E-state index >= 15 is 0 Å². The number of nitrogens with zero attached hydrogens (tertiary/aromatic N) is 3. The van der Waals surface area contributed by atoms with Gasteiger partial charge < -0.3 is 4.98 Å². The van der Waals surface area contributed by atoms with Crippen molar-refractivity contribution in [2.45, 2.75) is 47.2 Å². The number of aromatic nitrogens is 4. The third kappa shape index (κ3) is 2.47. The third-order valence-corrected chi connectivity index (χ3v) is 2.88. The van der Waals surface area contributed by atoms with Gasteiger partial charge in [0, 0.05) is 13.1 Å². The maximum absolute atomic E-state index is 12.4.